The van der Waals surface area contributed by atoms with E-state index in [2.05, 4.69) is 4.98 Å². The van der Waals surface area contributed by atoms with Crippen molar-refractivity contribution in [2.45, 2.75) is 24.5 Å². The first-order valence-corrected chi connectivity index (χ1v) is 7.05. The van der Waals surface area contributed by atoms with Crippen molar-refractivity contribution in [3.63, 3.8) is 0 Å². The third-order valence-corrected chi connectivity index (χ3v) is 4.17. The van der Waals surface area contributed by atoms with E-state index in [1.165, 1.54) is 0 Å². The minimum absolute atomic E-state index is 0.423. The molecule has 0 bridgehead atoms. The fourth-order valence-corrected chi connectivity index (χ4v) is 3.03. The molecule has 3 nitrogen and oxygen atoms in total. The van der Waals surface area contributed by atoms with Crippen molar-refractivity contribution in [2.75, 3.05) is 5.73 Å². The molecular formula is C14H16N2OS. The molecule has 1 heterocycles. The molecule has 1 unspecified atom stereocenters. The Morgan fingerprint density at radius 1 is 1.22 bits per heavy atom. The molecule has 0 amide bonds. The molecule has 1 aromatic carbocycles. The van der Waals surface area contributed by atoms with Gasteiger partial charge in [0.25, 0.3) is 0 Å². The van der Waals surface area contributed by atoms with Crippen LogP contribution in [-0.2, 0) is 16.6 Å². The van der Waals surface area contributed by atoms with Gasteiger partial charge in [0.1, 0.15) is 0 Å². The summed E-state index contributed by atoms with van der Waals surface area (Å²) in [5.41, 5.74) is 9.15. The van der Waals surface area contributed by atoms with Gasteiger partial charge < -0.3 is 5.73 Å². The predicted octanol–water partition coefficient (Wildman–Crippen LogP) is 2.59. The number of benzene rings is 1. The van der Waals surface area contributed by atoms with E-state index in [1.54, 1.807) is 6.07 Å². The zero-order chi connectivity index (χ0) is 13.1. The Bertz CT molecular complexity index is 596. The van der Waals surface area contributed by atoms with Gasteiger partial charge in [-0.3, -0.25) is 9.19 Å². The van der Waals surface area contributed by atoms with Crippen LogP contribution in [0, 0.1) is 13.8 Å². The maximum Gasteiger partial charge on any atom is 0.0705 e. The fourth-order valence-electron chi connectivity index (χ4n) is 1.75. The van der Waals surface area contributed by atoms with Crippen molar-refractivity contribution in [3.05, 3.63) is 53.3 Å². The number of nitrogens with zero attached hydrogens (tertiary/aromatic N) is 1. The van der Waals surface area contributed by atoms with Crippen LogP contribution in [0.5, 0.6) is 0 Å². The highest BCUT2D eigenvalue weighted by Crippen LogP contribution is 2.19. The molecule has 0 spiro atoms. The van der Waals surface area contributed by atoms with Crippen LogP contribution in [0.25, 0.3) is 0 Å². The van der Waals surface area contributed by atoms with Crippen LogP contribution in [0.1, 0.15) is 17.0 Å². The Morgan fingerprint density at radius 2 is 2.00 bits per heavy atom. The van der Waals surface area contributed by atoms with Crippen LogP contribution >= 0.6 is 0 Å². The molecule has 1 atom stereocenters. The molecule has 0 aliphatic carbocycles. The SMILES string of the molecule is Cc1cccc(CS(=O)c2cc(N)ccc2C)n1. The van der Waals surface area contributed by atoms with Gasteiger partial charge in [0.2, 0.25) is 0 Å². The number of aryl methyl sites for hydroxylation is 2. The summed E-state index contributed by atoms with van der Waals surface area (Å²) in [5, 5.41) is 0. The maximum atomic E-state index is 12.3. The van der Waals surface area contributed by atoms with E-state index in [-0.39, 0.29) is 0 Å². The number of aromatic nitrogens is 1. The topological polar surface area (TPSA) is 56.0 Å². The molecule has 18 heavy (non-hydrogen) atoms. The molecule has 2 N–H and O–H groups in total. The second kappa shape index (κ2) is 5.31. The summed E-state index contributed by atoms with van der Waals surface area (Å²) in [4.78, 5) is 5.16. The molecule has 2 rings (SSSR count). The average Bonchev–Trinajstić information content (AvgIpc) is 2.32. The molecular weight excluding hydrogens is 244 g/mol. The quantitative estimate of drug-likeness (QED) is 0.863. The number of nitrogens with two attached hydrogens (primary N) is 1. The van der Waals surface area contributed by atoms with Gasteiger partial charge in [-0.2, -0.15) is 0 Å². The summed E-state index contributed by atoms with van der Waals surface area (Å²) in [7, 11) is -1.11. The van der Waals surface area contributed by atoms with Crippen molar-refractivity contribution in [3.8, 4) is 0 Å². The largest absolute Gasteiger partial charge is 0.399 e. The van der Waals surface area contributed by atoms with E-state index in [4.69, 9.17) is 5.73 Å². The molecule has 0 aliphatic rings. The molecule has 0 saturated carbocycles. The maximum absolute atomic E-state index is 12.3. The van der Waals surface area contributed by atoms with Crippen molar-refractivity contribution in [1.29, 1.82) is 0 Å². The van der Waals surface area contributed by atoms with Gasteiger partial charge >= 0.3 is 0 Å². The molecule has 0 aliphatic heterocycles. The highest BCUT2D eigenvalue weighted by Gasteiger charge is 2.09. The van der Waals surface area contributed by atoms with Gasteiger partial charge in [0, 0.05) is 16.3 Å². The zero-order valence-corrected chi connectivity index (χ0v) is 11.3. The fraction of sp³-hybridized carbons (Fsp3) is 0.214. The predicted molar refractivity (Wildman–Crippen MR) is 74.7 cm³/mol. The number of pyridine rings is 1. The Hall–Kier alpha value is -1.68. The number of hydrogen-bond donors (Lipinski definition) is 1. The second-order valence-corrected chi connectivity index (χ2v) is 5.70. The Balaban J connectivity index is 2.24. The molecule has 0 radical (unpaired) electrons. The molecule has 94 valence electrons. The summed E-state index contributed by atoms with van der Waals surface area (Å²) in [5.74, 6) is 0.423. The van der Waals surface area contributed by atoms with Crippen LogP contribution in [0.2, 0.25) is 0 Å². The third kappa shape index (κ3) is 2.96. The highest BCUT2D eigenvalue weighted by molar-refractivity contribution is 7.84. The molecule has 2 aromatic rings. The Morgan fingerprint density at radius 3 is 2.72 bits per heavy atom. The number of nitrogen functional groups attached to an aromatic ring is 1. The van der Waals surface area contributed by atoms with Gasteiger partial charge in [0.15, 0.2) is 0 Å². The van der Waals surface area contributed by atoms with Gasteiger partial charge in [-0.1, -0.05) is 12.1 Å². The average molecular weight is 260 g/mol. The minimum Gasteiger partial charge on any atom is -0.399 e. The normalized spacial score (nSPS) is 12.3. The third-order valence-electron chi connectivity index (χ3n) is 2.68. The Labute approximate surface area is 110 Å². The molecule has 0 saturated heterocycles. The van der Waals surface area contributed by atoms with Gasteiger partial charge in [0.05, 0.1) is 22.2 Å². The van der Waals surface area contributed by atoms with E-state index < -0.39 is 10.8 Å². The van der Waals surface area contributed by atoms with E-state index >= 15 is 0 Å². The zero-order valence-electron chi connectivity index (χ0n) is 10.5. The van der Waals surface area contributed by atoms with Crippen LogP contribution in [0.4, 0.5) is 5.69 Å². The summed E-state index contributed by atoms with van der Waals surface area (Å²) < 4.78 is 12.3. The highest BCUT2D eigenvalue weighted by atomic mass is 32.2. The lowest BCUT2D eigenvalue weighted by atomic mass is 10.2. The van der Waals surface area contributed by atoms with Crippen LogP contribution in [-0.4, -0.2) is 9.19 Å². The van der Waals surface area contributed by atoms with E-state index in [9.17, 15) is 4.21 Å². The standard InChI is InChI=1S/C14H16N2OS/c1-10-6-7-12(15)8-14(10)18(17)9-13-5-3-4-11(2)16-13/h3-8H,9,15H2,1-2H3. The molecule has 4 heteroatoms. The Kier molecular flexibility index (Phi) is 3.77. The van der Waals surface area contributed by atoms with E-state index in [1.807, 2.05) is 44.2 Å². The first kappa shape index (κ1) is 12.8. The molecule has 1 aromatic heterocycles. The van der Waals surface area contributed by atoms with Crippen LogP contribution in [0.3, 0.4) is 0 Å². The van der Waals surface area contributed by atoms with Crippen molar-refractivity contribution in [1.82, 2.24) is 4.98 Å². The minimum atomic E-state index is -1.11. The monoisotopic (exact) mass is 260 g/mol. The van der Waals surface area contributed by atoms with Gasteiger partial charge in [-0.05, 0) is 43.7 Å². The number of hydrogen-bond acceptors (Lipinski definition) is 3. The van der Waals surface area contributed by atoms with E-state index in [0.29, 0.717) is 11.4 Å². The van der Waals surface area contributed by atoms with Crippen LogP contribution < -0.4 is 5.73 Å². The smallest absolute Gasteiger partial charge is 0.0705 e. The van der Waals surface area contributed by atoms with Gasteiger partial charge in [-0.25, -0.2) is 0 Å². The van der Waals surface area contributed by atoms with Gasteiger partial charge in [-0.15, -0.1) is 0 Å². The summed E-state index contributed by atoms with van der Waals surface area (Å²) >= 11 is 0. The van der Waals surface area contributed by atoms with Crippen LogP contribution in [0.15, 0.2) is 41.3 Å². The van der Waals surface area contributed by atoms with Crippen molar-refractivity contribution in [2.24, 2.45) is 0 Å². The van der Waals surface area contributed by atoms with E-state index in [0.717, 1.165) is 21.8 Å². The summed E-state index contributed by atoms with van der Waals surface area (Å²) in [6.45, 7) is 3.87. The number of rotatable bonds is 3. The first-order chi connectivity index (χ1) is 8.56. The lowest BCUT2D eigenvalue weighted by Crippen LogP contribution is -2.02. The lowest BCUT2D eigenvalue weighted by molar-refractivity contribution is 0.681. The number of anilines is 1. The summed E-state index contributed by atoms with van der Waals surface area (Å²) in [6, 6.07) is 11.3. The van der Waals surface area contributed by atoms with Crippen molar-refractivity contribution < 1.29 is 4.21 Å². The molecule has 0 fully saturated rings. The lowest BCUT2D eigenvalue weighted by Gasteiger charge is -2.07. The van der Waals surface area contributed by atoms with Crippen molar-refractivity contribution >= 4 is 16.5 Å². The second-order valence-electron chi connectivity index (χ2n) is 4.29. The summed E-state index contributed by atoms with van der Waals surface area (Å²) in [6.07, 6.45) is 0. The first-order valence-electron chi connectivity index (χ1n) is 5.73.